The maximum absolute atomic E-state index is 10.1. The normalized spacial score (nSPS) is 20.5. The summed E-state index contributed by atoms with van der Waals surface area (Å²) in [6, 6.07) is 9.95. The quantitative estimate of drug-likeness (QED) is 0.704. The average Bonchev–Trinajstić information content (AvgIpc) is 2.57. The fourth-order valence-electron chi connectivity index (χ4n) is 2.39. The van der Waals surface area contributed by atoms with Crippen LogP contribution in [0.5, 0.6) is 0 Å². The van der Waals surface area contributed by atoms with Crippen LogP contribution < -0.4 is 11.5 Å². The first-order chi connectivity index (χ1) is 11.0. The van der Waals surface area contributed by atoms with Crippen LogP contribution in [0, 0.1) is 0 Å². The summed E-state index contributed by atoms with van der Waals surface area (Å²) in [5.41, 5.74) is 12.0. The Morgan fingerprint density at radius 1 is 1.26 bits per heavy atom. The standard InChI is InChI=1S/C13H14.C6H14N2O2/c1-13(10-6-3-7-11-13)12-8-4-2-5-9-12;7-4-2-1-3-5(8)6(9)10/h2-10H,11H2,1H3;5H,1-4,7-8H2,(H,9,10)/t;5-/m.0/s1. The lowest BCUT2D eigenvalue weighted by Crippen LogP contribution is -2.29. The molecule has 2 rings (SSSR count). The second-order valence-electron chi connectivity index (χ2n) is 6.00. The number of carbonyl (C=O) groups is 1. The van der Waals surface area contributed by atoms with Crippen LogP contribution in [0.1, 0.15) is 38.2 Å². The molecule has 1 aromatic carbocycles. The predicted octanol–water partition coefficient (Wildman–Crippen LogP) is 2.99. The third kappa shape index (κ3) is 6.80. The van der Waals surface area contributed by atoms with Crippen molar-refractivity contribution in [1.82, 2.24) is 0 Å². The minimum Gasteiger partial charge on any atom is -0.480 e. The van der Waals surface area contributed by atoms with Gasteiger partial charge >= 0.3 is 5.97 Å². The second-order valence-corrected chi connectivity index (χ2v) is 6.00. The van der Waals surface area contributed by atoms with Crippen molar-refractivity contribution in [1.29, 1.82) is 0 Å². The van der Waals surface area contributed by atoms with E-state index in [0.29, 0.717) is 13.0 Å². The van der Waals surface area contributed by atoms with Gasteiger partial charge in [0, 0.05) is 5.41 Å². The highest BCUT2D eigenvalue weighted by atomic mass is 16.4. The Morgan fingerprint density at radius 2 is 1.96 bits per heavy atom. The van der Waals surface area contributed by atoms with Crippen LogP contribution in [0.15, 0.2) is 54.6 Å². The third-order valence-electron chi connectivity index (χ3n) is 3.97. The number of carboxylic acid groups (broad SMARTS) is 1. The predicted molar refractivity (Wildman–Crippen MR) is 95.2 cm³/mol. The zero-order chi connectivity index (χ0) is 17.1. The van der Waals surface area contributed by atoms with Crippen LogP contribution in [0.4, 0.5) is 0 Å². The molecule has 23 heavy (non-hydrogen) atoms. The van der Waals surface area contributed by atoms with Crippen molar-refractivity contribution in [3.8, 4) is 0 Å². The highest BCUT2D eigenvalue weighted by Gasteiger charge is 2.22. The molecule has 0 aromatic heterocycles. The molecule has 0 heterocycles. The van der Waals surface area contributed by atoms with E-state index in [2.05, 4.69) is 61.6 Å². The van der Waals surface area contributed by atoms with Crippen LogP contribution in [0.25, 0.3) is 0 Å². The van der Waals surface area contributed by atoms with E-state index in [0.717, 1.165) is 19.3 Å². The van der Waals surface area contributed by atoms with Crippen molar-refractivity contribution in [2.45, 2.75) is 44.1 Å². The first-order valence-electron chi connectivity index (χ1n) is 8.08. The van der Waals surface area contributed by atoms with Gasteiger partial charge in [-0.3, -0.25) is 4.79 Å². The number of carboxylic acids is 1. The largest absolute Gasteiger partial charge is 0.480 e. The smallest absolute Gasteiger partial charge is 0.320 e. The highest BCUT2D eigenvalue weighted by Crippen LogP contribution is 2.31. The molecule has 4 nitrogen and oxygen atoms in total. The average molecular weight is 316 g/mol. The summed E-state index contributed by atoms with van der Waals surface area (Å²) in [5, 5.41) is 8.33. The van der Waals surface area contributed by atoms with Crippen molar-refractivity contribution < 1.29 is 9.90 Å². The van der Waals surface area contributed by atoms with E-state index < -0.39 is 12.0 Å². The van der Waals surface area contributed by atoms with Crippen LogP contribution in [0.2, 0.25) is 0 Å². The number of hydrogen-bond acceptors (Lipinski definition) is 3. The summed E-state index contributed by atoms with van der Waals surface area (Å²) < 4.78 is 0. The van der Waals surface area contributed by atoms with E-state index in [1.165, 1.54) is 5.56 Å². The number of nitrogens with two attached hydrogens (primary N) is 2. The Bertz CT molecular complexity index is 525. The number of benzene rings is 1. The Labute approximate surface area is 138 Å². The number of allylic oxidation sites excluding steroid dienone is 4. The van der Waals surface area contributed by atoms with Gasteiger partial charge < -0.3 is 16.6 Å². The molecule has 0 bridgehead atoms. The molecule has 0 aliphatic heterocycles. The van der Waals surface area contributed by atoms with Gasteiger partial charge in [-0.15, -0.1) is 0 Å². The SMILES string of the molecule is CC1(c2ccccc2)C=CC=CC1.NCCCC[C@H](N)C(=O)O. The van der Waals surface area contributed by atoms with E-state index in [4.69, 9.17) is 16.6 Å². The van der Waals surface area contributed by atoms with Gasteiger partial charge in [0.15, 0.2) is 0 Å². The minimum absolute atomic E-state index is 0.204. The summed E-state index contributed by atoms with van der Waals surface area (Å²) in [6.07, 6.45) is 12.0. The topological polar surface area (TPSA) is 89.3 Å². The van der Waals surface area contributed by atoms with Crippen LogP contribution in [-0.4, -0.2) is 23.7 Å². The molecular formula is C19H28N2O2. The van der Waals surface area contributed by atoms with E-state index in [1.807, 2.05) is 0 Å². The van der Waals surface area contributed by atoms with Gasteiger partial charge in [0.25, 0.3) is 0 Å². The first kappa shape index (κ1) is 19.1. The van der Waals surface area contributed by atoms with Crippen molar-refractivity contribution in [2.75, 3.05) is 6.54 Å². The minimum atomic E-state index is -0.933. The summed E-state index contributed by atoms with van der Waals surface area (Å²) in [7, 11) is 0. The van der Waals surface area contributed by atoms with Gasteiger partial charge in [-0.25, -0.2) is 0 Å². The fraction of sp³-hybridized carbons (Fsp3) is 0.421. The highest BCUT2D eigenvalue weighted by molar-refractivity contribution is 5.72. The van der Waals surface area contributed by atoms with E-state index in [1.54, 1.807) is 0 Å². The van der Waals surface area contributed by atoms with E-state index in [-0.39, 0.29) is 5.41 Å². The summed E-state index contributed by atoms with van der Waals surface area (Å²) in [6.45, 7) is 2.88. The lowest BCUT2D eigenvalue weighted by Gasteiger charge is -2.26. The van der Waals surface area contributed by atoms with Gasteiger partial charge in [-0.05, 0) is 31.4 Å². The fourth-order valence-corrected chi connectivity index (χ4v) is 2.39. The molecule has 1 unspecified atom stereocenters. The zero-order valence-electron chi connectivity index (χ0n) is 13.8. The molecule has 0 spiro atoms. The molecule has 0 saturated heterocycles. The van der Waals surface area contributed by atoms with Gasteiger partial charge in [-0.2, -0.15) is 0 Å². The second kappa shape index (κ2) is 9.98. The van der Waals surface area contributed by atoms with Crippen LogP contribution >= 0.6 is 0 Å². The van der Waals surface area contributed by atoms with Crippen molar-refractivity contribution in [3.05, 3.63) is 60.2 Å². The maximum atomic E-state index is 10.1. The Morgan fingerprint density at radius 3 is 2.48 bits per heavy atom. The molecule has 0 radical (unpaired) electrons. The summed E-state index contributed by atoms with van der Waals surface area (Å²) in [4.78, 5) is 10.1. The third-order valence-corrected chi connectivity index (χ3v) is 3.97. The van der Waals surface area contributed by atoms with E-state index >= 15 is 0 Å². The van der Waals surface area contributed by atoms with Gasteiger partial charge in [0.2, 0.25) is 0 Å². The van der Waals surface area contributed by atoms with Gasteiger partial charge in [0.05, 0.1) is 0 Å². The monoisotopic (exact) mass is 316 g/mol. The first-order valence-corrected chi connectivity index (χ1v) is 8.08. The number of aliphatic carboxylic acids is 1. The molecular weight excluding hydrogens is 288 g/mol. The van der Waals surface area contributed by atoms with Crippen molar-refractivity contribution >= 4 is 5.97 Å². The van der Waals surface area contributed by atoms with Crippen LogP contribution in [0.3, 0.4) is 0 Å². The molecule has 0 saturated carbocycles. The molecule has 1 aromatic rings. The molecule has 1 aliphatic rings. The Balaban J connectivity index is 0.000000241. The molecule has 0 fully saturated rings. The molecule has 4 heteroatoms. The maximum Gasteiger partial charge on any atom is 0.320 e. The number of unbranched alkanes of at least 4 members (excludes halogenated alkanes) is 1. The van der Waals surface area contributed by atoms with Gasteiger partial charge in [-0.1, -0.05) is 68.0 Å². The molecule has 0 amide bonds. The molecule has 5 N–H and O–H groups in total. The summed E-state index contributed by atoms with van der Waals surface area (Å²) in [5.74, 6) is -0.933. The lowest BCUT2D eigenvalue weighted by molar-refractivity contribution is -0.138. The summed E-state index contributed by atoms with van der Waals surface area (Å²) >= 11 is 0. The van der Waals surface area contributed by atoms with E-state index in [9.17, 15) is 4.79 Å². The number of rotatable bonds is 6. The molecule has 2 atom stereocenters. The van der Waals surface area contributed by atoms with Crippen molar-refractivity contribution in [2.24, 2.45) is 11.5 Å². The number of hydrogen-bond donors (Lipinski definition) is 3. The zero-order valence-corrected chi connectivity index (χ0v) is 13.8. The van der Waals surface area contributed by atoms with Gasteiger partial charge in [0.1, 0.15) is 6.04 Å². The molecule has 126 valence electrons. The molecule has 1 aliphatic carbocycles. The Hall–Kier alpha value is -1.91. The van der Waals surface area contributed by atoms with Crippen molar-refractivity contribution in [3.63, 3.8) is 0 Å². The Kier molecular flexibility index (Phi) is 8.30. The van der Waals surface area contributed by atoms with Crippen LogP contribution in [-0.2, 0) is 10.2 Å². The lowest BCUT2D eigenvalue weighted by atomic mass is 9.77.